The second-order valence-corrected chi connectivity index (χ2v) is 10.2. The molecule has 4 saturated carbocycles. The van der Waals surface area contributed by atoms with Crippen molar-refractivity contribution >= 4 is 5.97 Å². The van der Waals surface area contributed by atoms with Crippen molar-refractivity contribution in [1.29, 1.82) is 0 Å². The Morgan fingerprint density at radius 2 is 1.63 bits per heavy atom. The second-order valence-electron chi connectivity index (χ2n) is 10.2. The highest BCUT2D eigenvalue weighted by molar-refractivity contribution is 5.66. The summed E-state index contributed by atoms with van der Waals surface area (Å²) in [6, 6.07) is -0.904. The molecule has 27 heavy (non-hydrogen) atoms. The number of carbonyl (C=O) groups is 1. The van der Waals surface area contributed by atoms with Gasteiger partial charge in [-0.1, -0.05) is 24.2 Å². The highest BCUT2D eigenvalue weighted by Crippen LogP contribution is 2.66. The largest absolute Gasteiger partial charge is 0.462 e. The third-order valence-electron chi connectivity index (χ3n) is 9.18. The van der Waals surface area contributed by atoms with Crippen molar-refractivity contribution in [3.05, 3.63) is 9.81 Å². The molecular weight excluding hydrogens is 344 g/mol. The van der Waals surface area contributed by atoms with E-state index in [9.17, 15) is 14.6 Å². The number of hydrogen-bond donors (Lipinski definition) is 0. The van der Waals surface area contributed by atoms with Gasteiger partial charge in [-0.3, -0.25) is 4.79 Å². The van der Waals surface area contributed by atoms with Gasteiger partial charge < -0.3 is 4.74 Å². The van der Waals surface area contributed by atoms with Gasteiger partial charge in [-0.15, -0.1) is 0 Å². The minimum Gasteiger partial charge on any atom is -0.462 e. The highest BCUT2D eigenvalue weighted by Gasteiger charge is 2.62. The van der Waals surface area contributed by atoms with Crippen LogP contribution < -0.4 is 0 Å². The molecule has 0 aromatic heterocycles. The Hall–Kier alpha value is -1.33. The van der Waals surface area contributed by atoms with Crippen LogP contribution in [-0.2, 0) is 9.53 Å². The lowest BCUT2D eigenvalue weighted by Crippen LogP contribution is -2.56. The minimum atomic E-state index is -0.465. The Morgan fingerprint density at radius 1 is 0.926 bits per heavy atom. The molecule has 9 atom stereocenters. The summed E-state index contributed by atoms with van der Waals surface area (Å²) in [4.78, 5) is 34.2. The average Bonchev–Trinajstić information content (AvgIpc) is 2.96. The van der Waals surface area contributed by atoms with Crippen molar-refractivity contribution < 1.29 is 9.53 Å². The molecule has 4 unspecified atom stereocenters. The van der Waals surface area contributed by atoms with Crippen LogP contribution in [0.3, 0.4) is 0 Å². The molecule has 4 rings (SSSR count). The van der Waals surface area contributed by atoms with Gasteiger partial charge in [0.15, 0.2) is 0 Å². The van der Waals surface area contributed by atoms with E-state index in [0.29, 0.717) is 30.1 Å². The fraction of sp³-hybridized carbons (Fsp3) is 0.952. The number of nitroso groups, excluding NO2 is 2. The lowest BCUT2D eigenvalue weighted by molar-refractivity contribution is -0.161. The smallest absolute Gasteiger partial charge is 0.302 e. The van der Waals surface area contributed by atoms with Crippen LogP contribution in [0.4, 0.5) is 0 Å². The summed E-state index contributed by atoms with van der Waals surface area (Å²) < 4.78 is 5.72. The lowest BCUT2D eigenvalue weighted by atomic mass is 9.44. The molecule has 4 aliphatic rings. The lowest BCUT2D eigenvalue weighted by Gasteiger charge is -2.61. The third kappa shape index (κ3) is 2.77. The first-order chi connectivity index (χ1) is 12.8. The van der Waals surface area contributed by atoms with Gasteiger partial charge in [-0.2, -0.15) is 9.81 Å². The molecule has 4 fully saturated rings. The van der Waals surface area contributed by atoms with E-state index in [4.69, 9.17) is 4.74 Å². The highest BCUT2D eigenvalue weighted by atomic mass is 16.5. The van der Waals surface area contributed by atoms with E-state index in [1.165, 1.54) is 13.3 Å². The summed E-state index contributed by atoms with van der Waals surface area (Å²) in [6.07, 6.45) is 8.06. The molecule has 0 spiro atoms. The zero-order valence-corrected chi connectivity index (χ0v) is 16.7. The van der Waals surface area contributed by atoms with Gasteiger partial charge in [0.1, 0.15) is 18.2 Å². The quantitative estimate of drug-likeness (QED) is 0.521. The van der Waals surface area contributed by atoms with Crippen LogP contribution in [-0.4, -0.2) is 24.2 Å². The van der Waals surface area contributed by atoms with Gasteiger partial charge in [0, 0.05) is 12.3 Å². The molecule has 0 amide bonds. The first kappa shape index (κ1) is 19.0. The zero-order chi connectivity index (χ0) is 19.4. The van der Waals surface area contributed by atoms with Gasteiger partial charge >= 0.3 is 5.97 Å². The fourth-order valence-corrected chi connectivity index (χ4v) is 7.84. The van der Waals surface area contributed by atoms with Gasteiger partial charge in [0.05, 0.1) is 0 Å². The van der Waals surface area contributed by atoms with Crippen molar-refractivity contribution in [2.45, 2.75) is 90.3 Å². The number of rotatable bonds is 3. The van der Waals surface area contributed by atoms with E-state index in [-0.39, 0.29) is 22.9 Å². The number of fused-ring (bicyclic) bond motifs is 5. The van der Waals surface area contributed by atoms with E-state index in [2.05, 4.69) is 24.2 Å². The predicted octanol–water partition coefficient (Wildman–Crippen LogP) is 4.84. The Labute approximate surface area is 161 Å². The number of ether oxygens (including phenoxy) is 1. The predicted molar refractivity (Wildman–Crippen MR) is 102 cm³/mol. The Bertz CT molecular complexity index is 640. The number of carbonyl (C=O) groups excluding carboxylic acids is 1. The van der Waals surface area contributed by atoms with Gasteiger partial charge in [-0.05, 0) is 80.5 Å². The van der Waals surface area contributed by atoms with Crippen molar-refractivity contribution in [2.24, 2.45) is 44.9 Å². The first-order valence-corrected chi connectivity index (χ1v) is 10.7. The molecule has 0 aromatic rings. The van der Waals surface area contributed by atoms with Crippen molar-refractivity contribution in [2.75, 3.05) is 0 Å². The van der Waals surface area contributed by atoms with Crippen molar-refractivity contribution in [3.63, 3.8) is 0 Å². The second kappa shape index (κ2) is 6.63. The topological polar surface area (TPSA) is 85.2 Å². The molecule has 150 valence electrons. The fourth-order valence-electron chi connectivity index (χ4n) is 7.84. The molecule has 0 saturated heterocycles. The van der Waals surface area contributed by atoms with E-state index >= 15 is 0 Å². The number of hydrogen-bond acceptors (Lipinski definition) is 6. The standard InChI is InChI=1S/C21H32N2O4/c1-12(24)27-19-7-6-15-14-5-4-13-10-17(22-25)18(23-26)11-21(13,3)16(14)8-9-20(15,19)2/h13-19H,4-11H2,1-3H3/t13?,14-,15-,16+,17?,18?,19?,20-,21-/m0/s1. The van der Waals surface area contributed by atoms with Crippen LogP contribution >= 0.6 is 0 Å². The summed E-state index contributed by atoms with van der Waals surface area (Å²) >= 11 is 0. The average molecular weight is 376 g/mol. The van der Waals surface area contributed by atoms with Crippen LogP contribution in [0.1, 0.15) is 72.1 Å². The van der Waals surface area contributed by atoms with Crippen LogP contribution in [0.15, 0.2) is 10.4 Å². The molecular formula is C21H32N2O4. The van der Waals surface area contributed by atoms with Crippen molar-refractivity contribution in [3.8, 4) is 0 Å². The van der Waals surface area contributed by atoms with Crippen LogP contribution in [0, 0.1) is 44.3 Å². The molecule has 0 heterocycles. The third-order valence-corrected chi connectivity index (χ3v) is 9.18. The maximum Gasteiger partial charge on any atom is 0.302 e. The van der Waals surface area contributed by atoms with E-state index in [0.717, 1.165) is 38.5 Å². The van der Waals surface area contributed by atoms with Gasteiger partial charge in [0.25, 0.3) is 0 Å². The zero-order valence-electron chi connectivity index (χ0n) is 16.7. The molecule has 4 aliphatic carbocycles. The van der Waals surface area contributed by atoms with Gasteiger partial charge in [0.2, 0.25) is 0 Å². The normalized spacial score (nSPS) is 51.4. The monoisotopic (exact) mass is 376 g/mol. The number of nitrogens with zero attached hydrogens (tertiary/aromatic N) is 2. The Kier molecular flexibility index (Phi) is 4.66. The number of esters is 1. The molecule has 0 aliphatic heterocycles. The summed E-state index contributed by atoms with van der Waals surface area (Å²) in [6.45, 7) is 6.18. The molecule has 0 aromatic carbocycles. The summed E-state index contributed by atoms with van der Waals surface area (Å²) in [5.41, 5.74) is 0.156. The Balaban J connectivity index is 1.59. The summed E-state index contributed by atoms with van der Waals surface area (Å²) in [5, 5.41) is 6.53. The minimum absolute atomic E-state index is 0.0471. The van der Waals surface area contributed by atoms with Crippen LogP contribution in [0.2, 0.25) is 0 Å². The first-order valence-electron chi connectivity index (χ1n) is 10.7. The molecule has 0 bridgehead atoms. The molecule has 0 radical (unpaired) electrons. The van der Waals surface area contributed by atoms with E-state index < -0.39 is 12.1 Å². The maximum atomic E-state index is 11.6. The SMILES string of the molecule is CC(=O)OC1CC[C@H]2[C@@H]3CCC4CC(N=O)C(N=O)C[C@]4(C)[C@@H]3CC[C@]12C. The molecule has 6 nitrogen and oxygen atoms in total. The van der Waals surface area contributed by atoms with Crippen molar-refractivity contribution in [1.82, 2.24) is 0 Å². The summed E-state index contributed by atoms with van der Waals surface area (Å²) in [7, 11) is 0. The van der Waals surface area contributed by atoms with Gasteiger partial charge in [-0.25, -0.2) is 0 Å². The molecule has 6 heteroatoms. The van der Waals surface area contributed by atoms with Crippen LogP contribution in [0.5, 0.6) is 0 Å². The van der Waals surface area contributed by atoms with Crippen LogP contribution in [0.25, 0.3) is 0 Å². The van der Waals surface area contributed by atoms with E-state index in [1.54, 1.807) is 0 Å². The summed E-state index contributed by atoms with van der Waals surface area (Å²) in [5.74, 6) is 2.08. The molecule has 0 N–H and O–H groups in total. The van der Waals surface area contributed by atoms with E-state index in [1.807, 2.05) is 0 Å². The Morgan fingerprint density at radius 3 is 2.30 bits per heavy atom. The maximum absolute atomic E-state index is 11.6.